The van der Waals surface area contributed by atoms with Gasteiger partial charge < -0.3 is 20.1 Å². The molecule has 2 amide bonds. The number of ether oxygens (including phenoxy) is 2. The second-order valence-corrected chi connectivity index (χ2v) is 7.39. The average molecular weight is 408 g/mol. The molecule has 2 N–H and O–H groups in total. The summed E-state index contributed by atoms with van der Waals surface area (Å²) in [6.07, 6.45) is 6.10. The van der Waals surface area contributed by atoms with Crippen LogP contribution in [0.3, 0.4) is 0 Å². The minimum Gasteiger partial charge on any atom is -0.496 e. The van der Waals surface area contributed by atoms with Crippen molar-refractivity contribution >= 4 is 17.9 Å². The Balaban J connectivity index is 1.39. The lowest BCUT2D eigenvalue weighted by molar-refractivity contribution is -0.123. The Morgan fingerprint density at radius 2 is 1.90 bits per heavy atom. The summed E-state index contributed by atoms with van der Waals surface area (Å²) in [5, 5.41) is 5.77. The summed E-state index contributed by atoms with van der Waals surface area (Å²) in [6.45, 7) is 2.55. The third-order valence-electron chi connectivity index (χ3n) is 4.75. The molecule has 0 aromatic heterocycles. The highest BCUT2D eigenvalue weighted by atomic mass is 16.5. The fourth-order valence-corrected chi connectivity index (χ4v) is 2.94. The predicted molar refractivity (Wildman–Crippen MR) is 117 cm³/mol. The summed E-state index contributed by atoms with van der Waals surface area (Å²) < 4.78 is 10.8. The molecule has 0 aliphatic heterocycles. The van der Waals surface area contributed by atoms with E-state index < -0.39 is 0 Å². The molecule has 1 fully saturated rings. The van der Waals surface area contributed by atoms with Gasteiger partial charge in [-0.25, -0.2) is 0 Å². The molecule has 6 nitrogen and oxygen atoms in total. The summed E-state index contributed by atoms with van der Waals surface area (Å²) >= 11 is 0. The van der Waals surface area contributed by atoms with Gasteiger partial charge in [-0.3, -0.25) is 9.59 Å². The highest BCUT2D eigenvalue weighted by Crippen LogP contribution is 2.21. The molecule has 0 radical (unpaired) electrons. The molecule has 1 aliphatic rings. The molecule has 0 heterocycles. The van der Waals surface area contributed by atoms with Crippen LogP contribution in [0.25, 0.3) is 6.08 Å². The first-order valence-corrected chi connectivity index (χ1v) is 10.1. The van der Waals surface area contributed by atoms with Gasteiger partial charge in [-0.2, -0.15) is 0 Å². The zero-order valence-electron chi connectivity index (χ0n) is 17.4. The van der Waals surface area contributed by atoms with E-state index in [9.17, 15) is 9.59 Å². The van der Waals surface area contributed by atoms with Crippen LogP contribution < -0.4 is 20.1 Å². The minimum atomic E-state index is -0.153. The summed E-state index contributed by atoms with van der Waals surface area (Å²) in [5.41, 5.74) is 3.05. The number of hydrogen-bond acceptors (Lipinski definition) is 4. The Labute approximate surface area is 177 Å². The number of amides is 2. The van der Waals surface area contributed by atoms with Gasteiger partial charge in [-0.1, -0.05) is 23.8 Å². The van der Waals surface area contributed by atoms with Gasteiger partial charge in [0.1, 0.15) is 11.5 Å². The SMILES string of the molecule is COc1ccc(C)cc1/C=C/C(=O)NCCc1ccc(OCC(=O)NC2CC2)cc1. The van der Waals surface area contributed by atoms with Gasteiger partial charge in [0.2, 0.25) is 5.91 Å². The van der Waals surface area contributed by atoms with Crippen molar-refractivity contribution in [3.63, 3.8) is 0 Å². The molecule has 1 saturated carbocycles. The van der Waals surface area contributed by atoms with Crippen LogP contribution in [0.1, 0.15) is 29.5 Å². The molecule has 3 rings (SSSR count). The van der Waals surface area contributed by atoms with Gasteiger partial charge in [0, 0.05) is 24.2 Å². The van der Waals surface area contributed by atoms with Gasteiger partial charge in [0.05, 0.1) is 7.11 Å². The Hall–Kier alpha value is -3.28. The summed E-state index contributed by atoms with van der Waals surface area (Å²) in [7, 11) is 1.61. The quantitative estimate of drug-likeness (QED) is 0.593. The molecule has 0 saturated heterocycles. The Morgan fingerprint density at radius 3 is 2.60 bits per heavy atom. The molecule has 2 aromatic rings. The number of methoxy groups -OCH3 is 1. The second kappa shape index (κ2) is 10.5. The fraction of sp³-hybridized carbons (Fsp3) is 0.333. The molecule has 0 bridgehead atoms. The van der Waals surface area contributed by atoms with Crippen LogP contribution in [0.5, 0.6) is 11.5 Å². The first-order chi connectivity index (χ1) is 14.5. The maximum atomic E-state index is 12.1. The van der Waals surface area contributed by atoms with Crippen molar-refractivity contribution < 1.29 is 19.1 Å². The monoisotopic (exact) mass is 408 g/mol. The Morgan fingerprint density at radius 1 is 1.13 bits per heavy atom. The van der Waals surface area contributed by atoms with Crippen LogP contribution in [-0.2, 0) is 16.0 Å². The summed E-state index contributed by atoms with van der Waals surface area (Å²) in [4.78, 5) is 23.7. The summed E-state index contributed by atoms with van der Waals surface area (Å²) in [5.74, 6) is 1.15. The molecule has 30 heavy (non-hydrogen) atoms. The number of hydrogen-bond donors (Lipinski definition) is 2. The molecule has 0 spiro atoms. The van der Waals surface area contributed by atoms with E-state index in [1.807, 2.05) is 49.4 Å². The molecule has 158 valence electrons. The number of carbonyl (C=O) groups excluding carboxylic acids is 2. The smallest absolute Gasteiger partial charge is 0.258 e. The maximum absolute atomic E-state index is 12.1. The molecule has 0 unspecified atom stereocenters. The van der Waals surface area contributed by atoms with Crippen molar-refractivity contribution in [1.29, 1.82) is 0 Å². The molecular weight excluding hydrogens is 380 g/mol. The molecule has 0 atom stereocenters. The van der Waals surface area contributed by atoms with Crippen molar-refractivity contribution in [2.75, 3.05) is 20.3 Å². The normalized spacial score (nSPS) is 13.1. The largest absolute Gasteiger partial charge is 0.496 e. The zero-order valence-corrected chi connectivity index (χ0v) is 17.4. The highest BCUT2D eigenvalue weighted by Gasteiger charge is 2.23. The van der Waals surface area contributed by atoms with Gasteiger partial charge in [-0.15, -0.1) is 0 Å². The van der Waals surface area contributed by atoms with Crippen molar-refractivity contribution in [1.82, 2.24) is 10.6 Å². The van der Waals surface area contributed by atoms with Crippen LogP contribution in [0, 0.1) is 6.92 Å². The lowest BCUT2D eigenvalue weighted by Gasteiger charge is -2.08. The van der Waals surface area contributed by atoms with Crippen molar-refractivity contribution in [2.24, 2.45) is 0 Å². The van der Waals surface area contributed by atoms with Crippen molar-refractivity contribution in [2.45, 2.75) is 32.2 Å². The van der Waals surface area contributed by atoms with E-state index >= 15 is 0 Å². The molecule has 2 aromatic carbocycles. The van der Waals surface area contributed by atoms with Crippen LogP contribution in [0.4, 0.5) is 0 Å². The first kappa shape index (κ1) is 21.4. The number of benzene rings is 2. The van der Waals surface area contributed by atoms with Gasteiger partial charge in [-0.05, 0) is 62.1 Å². The van der Waals surface area contributed by atoms with E-state index in [4.69, 9.17) is 9.47 Å². The van der Waals surface area contributed by atoms with E-state index in [1.54, 1.807) is 13.2 Å². The van der Waals surface area contributed by atoms with Crippen molar-refractivity contribution in [3.05, 3.63) is 65.2 Å². The Kier molecular flexibility index (Phi) is 7.49. The zero-order chi connectivity index (χ0) is 21.3. The molecule has 1 aliphatic carbocycles. The lowest BCUT2D eigenvalue weighted by atomic mass is 10.1. The third-order valence-corrected chi connectivity index (χ3v) is 4.75. The molecule has 6 heteroatoms. The minimum absolute atomic E-state index is 0.0317. The van der Waals surface area contributed by atoms with E-state index in [0.717, 1.165) is 35.3 Å². The van der Waals surface area contributed by atoms with Crippen LogP contribution in [0.15, 0.2) is 48.5 Å². The number of rotatable bonds is 10. The average Bonchev–Trinajstić information content (AvgIpc) is 3.56. The standard InChI is InChI=1S/C24H28N2O4/c1-17-3-11-22(29-2)19(15-17)6-12-23(27)25-14-13-18-4-9-21(10-5-18)30-16-24(28)26-20-7-8-20/h3-6,9-12,15,20H,7-8,13-14,16H2,1-2H3,(H,25,27)(H,26,28)/b12-6+. The predicted octanol–water partition coefficient (Wildman–Crippen LogP) is 3.03. The van der Waals surface area contributed by atoms with Crippen LogP contribution >= 0.6 is 0 Å². The van der Waals surface area contributed by atoms with E-state index in [1.165, 1.54) is 6.08 Å². The maximum Gasteiger partial charge on any atom is 0.258 e. The van der Waals surface area contributed by atoms with E-state index in [-0.39, 0.29) is 18.4 Å². The molecular formula is C24H28N2O4. The summed E-state index contributed by atoms with van der Waals surface area (Å²) in [6, 6.07) is 13.7. The van der Waals surface area contributed by atoms with Gasteiger partial charge in [0.25, 0.3) is 5.91 Å². The van der Waals surface area contributed by atoms with Crippen molar-refractivity contribution in [3.8, 4) is 11.5 Å². The Bertz CT molecular complexity index is 902. The van der Waals surface area contributed by atoms with E-state index in [2.05, 4.69) is 10.6 Å². The first-order valence-electron chi connectivity index (χ1n) is 10.1. The fourth-order valence-electron chi connectivity index (χ4n) is 2.94. The number of carbonyl (C=O) groups is 2. The highest BCUT2D eigenvalue weighted by molar-refractivity contribution is 5.92. The lowest BCUT2D eigenvalue weighted by Crippen LogP contribution is -2.30. The third kappa shape index (κ3) is 6.95. The van der Waals surface area contributed by atoms with Gasteiger partial charge >= 0.3 is 0 Å². The second-order valence-electron chi connectivity index (χ2n) is 7.39. The van der Waals surface area contributed by atoms with Gasteiger partial charge in [0.15, 0.2) is 6.61 Å². The topological polar surface area (TPSA) is 76.7 Å². The number of nitrogens with one attached hydrogen (secondary N) is 2. The van der Waals surface area contributed by atoms with Crippen LogP contribution in [0.2, 0.25) is 0 Å². The number of aryl methyl sites for hydroxylation is 1. The van der Waals surface area contributed by atoms with E-state index in [0.29, 0.717) is 24.8 Å². The van der Waals surface area contributed by atoms with Crippen LogP contribution in [-0.4, -0.2) is 38.1 Å².